The van der Waals surface area contributed by atoms with Crippen LogP contribution in [0.2, 0.25) is 0 Å². The molecule has 1 heterocycles. The predicted molar refractivity (Wildman–Crippen MR) is 325 cm³/mol. The van der Waals surface area contributed by atoms with E-state index in [9.17, 15) is 0 Å². The van der Waals surface area contributed by atoms with Crippen LogP contribution in [-0.4, -0.2) is 15.0 Å². The topological polar surface area (TPSA) is 55.7 Å². The minimum Gasteiger partial charge on any atom is -0.309 e. The van der Waals surface area contributed by atoms with Gasteiger partial charge < -0.3 is 4.57 Å². The van der Waals surface area contributed by atoms with E-state index >= 15 is 4.57 Å². The number of hydrogen-bond acceptors (Lipinski definition) is 4. The third-order valence-electron chi connectivity index (χ3n) is 16.0. The lowest BCUT2D eigenvalue weighted by atomic mass is 9.65. The molecule has 1 aliphatic carbocycles. The molecule has 0 aliphatic heterocycles. The van der Waals surface area contributed by atoms with Gasteiger partial charge in [0.05, 0.1) is 0 Å². The molecular formula is C73H56N3OP. The third-order valence-corrected chi connectivity index (χ3v) is 19.1. The van der Waals surface area contributed by atoms with Gasteiger partial charge in [-0.3, -0.25) is 0 Å². The summed E-state index contributed by atoms with van der Waals surface area (Å²) in [4.78, 5) is 15.5. The summed E-state index contributed by atoms with van der Waals surface area (Å²) in [6, 6.07) is 97.8. The molecule has 1 saturated carbocycles. The second-order valence-corrected chi connectivity index (χ2v) is 23.3. The molecule has 5 heteroatoms. The van der Waals surface area contributed by atoms with Crippen molar-refractivity contribution in [1.82, 2.24) is 15.0 Å². The molecule has 0 radical (unpaired) electrons. The van der Waals surface area contributed by atoms with Gasteiger partial charge in [0.1, 0.15) is 0 Å². The number of hydrogen-bond donors (Lipinski definition) is 0. The highest BCUT2D eigenvalue weighted by Crippen LogP contribution is 2.48. The van der Waals surface area contributed by atoms with Crippen molar-refractivity contribution < 1.29 is 4.57 Å². The zero-order chi connectivity index (χ0) is 52.3. The predicted octanol–water partition coefficient (Wildman–Crippen LogP) is 17.6. The summed E-state index contributed by atoms with van der Waals surface area (Å²) >= 11 is 0. The van der Waals surface area contributed by atoms with Gasteiger partial charge in [0, 0.05) is 38.0 Å². The third kappa shape index (κ3) is 9.29. The summed E-state index contributed by atoms with van der Waals surface area (Å²) in [6.45, 7) is 0. The largest absolute Gasteiger partial charge is 0.309 e. The first-order chi connectivity index (χ1) is 38.5. The van der Waals surface area contributed by atoms with Crippen molar-refractivity contribution in [3.05, 3.63) is 290 Å². The van der Waals surface area contributed by atoms with E-state index in [4.69, 9.17) is 15.0 Å². The molecule has 1 aromatic heterocycles. The SMILES string of the molecule is O=P(c1ccccc1)(c1ccccc1)c1ccc(-c2ccc(C3(c4ccc(-c5nc(-c6ccc(-c7ccccc7)cc6)nc(-c6ccc(-c7ccc(-c8ccccc8)cc7)cc6)n5)cc4)CCCCC3)cc2)c2ccccc12. The van der Waals surface area contributed by atoms with Gasteiger partial charge in [-0.05, 0) is 85.3 Å². The molecule has 0 bridgehead atoms. The zero-order valence-corrected chi connectivity index (χ0v) is 44.2. The quantitative estimate of drug-likeness (QED) is 0.114. The van der Waals surface area contributed by atoms with Crippen LogP contribution >= 0.6 is 7.14 Å². The van der Waals surface area contributed by atoms with Crippen LogP contribution < -0.4 is 15.9 Å². The molecule has 11 aromatic carbocycles. The first kappa shape index (κ1) is 48.6. The molecule has 0 saturated heterocycles. The Morgan fingerprint density at radius 1 is 0.282 bits per heavy atom. The zero-order valence-electron chi connectivity index (χ0n) is 43.3. The van der Waals surface area contributed by atoms with Gasteiger partial charge in [0.15, 0.2) is 24.6 Å². The molecule has 1 aliphatic rings. The lowest BCUT2D eigenvalue weighted by Crippen LogP contribution is -2.30. The highest BCUT2D eigenvalue weighted by molar-refractivity contribution is 7.85. The molecule has 4 nitrogen and oxygen atoms in total. The Morgan fingerprint density at radius 3 is 1.01 bits per heavy atom. The highest BCUT2D eigenvalue weighted by Gasteiger charge is 2.36. The van der Waals surface area contributed by atoms with Gasteiger partial charge in [0.25, 0.3) is 0 Å². The lowest BCUT2D eigenvalue weighted by Gasteiger charge is -2.39. The minimum atomic E-state index is -3.20. The molecule has 0 unspecified atom stereocenters. The number of rotatable bonds is 12. The number of aromatic nitrogens is 3. The van der Waals surface area contributed by atoms with E-state index in [0.29, 0.717) is 17.5 Å². The van der Waals surface area contributed by atoms with Crippen molar-refractivity contribution in [3.63, 3.8) is 0 Å². The summed E-state index contributed by atoms with van der Waals surface area (Å²) in [6.07, 6.45) is 5.71. The maximum atomic E-state index is 15.7. The van der Waals surface area contributed by atoms with Crippen molar-refractivity contribution in [2.45, 2.75) is 37.5 Å². The molecule has 374 valence electrons. The van der Waals surface area contributed by atoms with E-state index in [1.165, 1.54) is 47.1 Å². The van der Waals surface area contributed by atoms with E-state index in [1.807, 2.05) is 72.8 Å². The van der Waals surface area contributed by atoms with E-state index < -0.39 is 7.14 Å². The Labute approximate surface area is 457 Å². The summed E-state index contributed by atoms with van der Waals surface area (Å²) in [5.41, 5.74) is 14.6. The van der Waals surface area contributed by atoms with Crippen molar-refractivity contribution in [2.24, 2.45) is 0 Å². The number of benzene rings is 11. The van der Waals surface area contributed by atoms with Gasteiger partial charge in [-0.25, -0.2) is 15.0 Å². The standard InChI is InChI=1S/C73H56N3OP/c77-78(64-22-10-3-11-23-64,65-24-12-4-13-25-65)69-49-48-66(67-26-14-15-27-68(67)69)58-40-44-62(45-41-58)73(50-16-5-17-51-73)63-46-42-61(43-47-63)72-75-70(59-36-32-55(33-37-59)53-20-8-2-9-21-53)74-71(76-72)60-38-34-57(35-39-60)56-30-28-54(29-31-56)52-18-6-1-7-19-52/h1-4,6-15,18-49H,5,16-17,50-51H2. The molecule has 0 atom stereocenters. The molecular weight excluding hydrogens is 966 g/mol. The molecule has 0 amide bonds. The molecule has 78 heavy (non-hydrogen) atoms. The van der Waals surface area contributed by atoms with Crippen LogP contribution in [0.25, 0.3) is 89.4 Å². The van der Waals surface area contributed by atoms with Crippen LogP contribution in [0.5, 0.6) is 0 Å². The average Bonchev–Trinajstić information content (AvgIpc) is 3.59. The number of fused-ring (bicyclic) bond motifs is 1. The summed E-state index contributed by atoms with van der Waals surface area (Å²) in [5.74, 6) is 1.90. The Balaban J connectivity index is 0.830. The second kappa shape index (κ2) is 21.2. The fraction of sp³-hybridized carbons (Fsp3) is 0.0822. The fourth-order valence-electron chi connectivity index (χ4n) is 11.8. The van der Waals surface area contributed by atoms with Crippen LogP contribution in [0.1, 0.15) is 43.2 Å². The molecule has 1 fully saturated rings. The highest BCUT2D eigenvalue weighted by atomic mass is 31.2. The van der Waals surface area contributed by atoms with Crippen LogP contribution in [0.15, 0.2) is 279 Å². The van der Waals surface area contributed by atoms with Gasteiger partial charge in [0.2, 0.25) is 0 Å². The average molecular weight is 1020 g/mol. The van der Waals surface area contributed by atoms with E-state index in [1.54, 1.807) is 0 Å². The first-order valence-corrected chi connectivity index (χ1v) is 28.8. The van der Waals surface area contributed by atoms with Crippen molar-refractivity contribution in [1.29, 1.82) is 0 Å². The monoisotopic (exact) mass is 1020 g/mol. The Bertz CT molecular complexity index is 4030. The van der Waals surface area contributed by atoms with E-state index in [-0.39, 0.29) is 5.41 Å². The van der Waals surface area contributed by atoms with Gasteiger partial charge in [-0.1, -0.05) is 292 Å². The normalized spacial score (nSPS) is 13.3. The molecule has 0 spiro atoms. The van der Waals surface area contributed by atoms with Crippen molar-refractivity contribution in [2.75, 3.05) is 0 Å². The van der Waals surface area contributed by atoms with Crippen LogP contribution in [0.4, 0.5) is 0 Å². The first-order valence-electron chi connectivity index (χ1n) is 27.1. The minimum absolute atomic E-state index is 0.140. The van der Waals surface area contributed by atoms with E-state index in [0.717, 1.165) is 84.0 Å². The summed E-state index contributed by atoms with van der Waals surface area (Å²) < 4.78 is 15.7. The fourth-order valence-corrected chi connectivity index (χ4v) is 14.7. The summed E-state index contributed by atoms with van der Waals surface area (Å²) in [7, 11) is -3.20. The smallest absolute Gasteiger partial charge is 0.171 e. The maximum Gasteiger partial charge on any atom is 0.171 e. The van der Waals surface area contributed by atoms with Crippen molar-refractivity contribution >= 4 is 33.8 Å². The summed E-state index contributed by atoms with van der Waals surface area (Å²) in [5, 5.41) is 4.63. The Kier molecular flexibility index (Phi) is 13.2. The van der Waals surface area contributed by atoms with Gasteiger partial charge in [-0.15, -0.1) is 0 Å². The van der Waals surface area contributed by atoms with Crippen LogP contribution in [0, 0.1) is 0 Å². The van der Waals surface area contributed by atoms with Crippen LogP contribution in [-0.2, 0) is 9.98 Å². The maximum absolute atomic E-state index is 15.7. The second-order valence-electron chi connectivity index (χ2n) is 20.5. The molecule has 12 aromatic rings. The van der Waals surface area contributed by atoms with Gasteiger partial charge >= 0.3 is 0 Å². The Morgan fingerprint density at radius 2 is 0.603 bits per heavy atom. The molecule has 0 N–H and O–H groups in total. The van der Waals surface area contributed by atoms with E-state index in [2.05, 4.69) is 206 Å². The number of nitrogens with zero attached hydrogens (tertiary/aromatic N) is 3. The van der Waals surface area contributed by atoms with Crippen molar-refractivity contribution in [3.8, 4) is 78.7 Å². The van der Waals surface area contributed by atoms with Crippen LogP contribution in [0.3, 0.4) is 0 Å². The van der Waals surface area contributed by atoms with Gasteiger partial charge in [-0.2, -0.15) is 0 Å². The lowest BCUT2D eigenvalue weighted by molar-refractivity contribution is 0.346. The Hall–Kier alpha value is -9.08. The molecule has 13 rings (SSSR count).